The van der Waals surface area contributed by atoms with Gasteiger partial charge in [0.2, 0.25) is 0 Å². The molecule has 2 aromatic rings. The van der Waals surface area contributed by atoms with Crippen LogP contribution in [0.2, 0.25) is 5.02 Å². The Kier molecular flexibility index (Phi) is 4.40. The number of rotatable bonds is 4. The van der Waals surface area contributed by atoms with Gasteiger partial charge in [0.05, 0.1) is 5.02 Å². The molecule has 2 rings (SSSR count). The van der Waals surface area contributed by atoms with Crippen molar-refractivity contribution in [3.05, 3.63) is 58.2 Å². The first-order valence-corrected chi connectivity index (χ1v) is 6.59. The van der Waals surface area contributed by atoms with Crippen molar-refractivity contribution in [1.29, 1.82) is 0 Å². The predicted molar refractivity (Wildman–Crippen MR) is 80.4 cm³/mol. The van der Waals surface area contributed by atoms with E-state index < -0.39 is 0 Å². The van der Waals surface area contributed by atoms with Crippen molar-refractivity contribution in [1.82, 2.24) is 4.98 Å². The van der Waals surface area contributed by atoms with Crippen molar-refractivity contribution in [2.24, 2.45) is 5.73 Å². The topological polar surface area (TPSA) is 42.1 Å². The molecule has 0 radical (unpaired) electrons. The zero-order valence-corrected chi connectivity index (χ0v) is 12.0. The number of hydrogen-bond acceptors (Lipinski definition) is 3. The molecule has 0 saturated heterocycles. The number of aryl methyl sites for hydroxylation is 1. The van der Waals surface area contributed by atoms with E-state index in [4.69, 9.17) is 17.3 Å². The van der Waals surface area contributed by atoms with Crippen molar-refractivity contribution in [3.8, 4) is 0 Å². The van der Waals surface area contributed by atoms with E-state index in [0.29, 0.717) is 11.6 Å². The van der Waals surface area contributed by atoms with Gasteiger partial charge in [0.15, 0.2) is 0 Å². The first-order valence-electron chi connectivity index (χ1n) is 6.21. The summed E-state index contributed by atoms with van der Waals surface area (Å²) in [5.41, 5.74) is 9.10. The highest BCUT2D eigenvalue weighted by Crippen LogP contribution is 2.20. The summed E-state index contributed by atoms with van der Waals surface area (Å²) >= 11 is 6.02. The Hall–Kier alpha value is -1.58. The Labute approximate surface area is 119 Å². The number of hydrogen-bond donors (Lipinski definition) is 1. The minimum Gasteiger partial charge on any atom is -0.355 e. The van der Waals surface area contributed by atoms with Gasteiger partial charge >= 0.3 is 0 Å². The van der Waals surface area contributed by atoms with Crippen LogP contribution in [0.3, 0.4) is 0 Å². The summed E-state index contributed by atoms with van der Waals surface area (Å²) in [6.07, 6.45) is 1.66. The molecule has 100 valence electrons. The molecule has 0 aliphatic rings. The number of anilines is 1. The molecule has 19 heavy (non-hydrogen) atoms. The van der Waals surface area contributed by atoms with Crippen molar-refractivity contribution < 1.29 is 0 Å². The minimum absolute atomic E-state index is 0.423. The highest BCUT2D eigenvalue weighted by Gasteiger charge is 2.07. The predicted octanol–water partition coefficient (Wildman–Crippen LogP) is 3.14. The maximum Gasteiger partial charge on any atom is 0.128 e. The highest BCUT2D eigenvalue weighted by molar-refractivity contribution is 6.31. The average molecular weight is 276 g/mol. The standard InChI is InChI=1S/C15H18ClN3/c1-11-4-3-5-12(6-11)10-19(2)15-7-13(8-17)14(16)9-18-15/h3-7,9H,8,10,17H2,1-2H3. The van der Waals surface area contributed by atoms with Gasteiger partial charge in [-0.3, -0.25) is 0 Å². The molecule has 0 spiro atoms. The lowest BCUT2D eigenvalue weighted by atomic mass is 10.1. The van der Waals surface area contributed by atoms with Gasteiger partial charge < -0.3 is 10.6 Å². The number of nitrogens with zero attached hydrogens (tertiary/aromatic N) is 2. The van der Waals surface area contributed by atoms with E-state index in [-0.39, 0.29) is 0 Å². The molecule has 0 unspecified atom stereocenters. The fourth-order valence-corrected chi connectivity index (χ4v) is 2.18. The molecule has 1 aromatic heterocycles. The molecule has 2 N–H and O–H groups in total. The number of nitrogens with two attached hydrogens (primary N) is 1. The SMILES string of the molecule is Cc1cccc(CN(C)c2cc(CN)c(Cl)cn2)c1. The molecule has 0 atom stereocenters. The van der Waals surface area contributed by atoms with Crippen molar-refractivity contribution in [2.75, 3.05) is 11.9 Å². The number of pyridine rings is 1. The summed E-state index contributed by atoms with van der Waals surface area (Å²) in [4.78, 5) is 6.43. The Balaban J connectivity index is 2.18. The molecular weight excluding hydrogens is 258 g/mol. The quantitative estimate of drug-likeness (QED) is 0.932. The van der Waals surface area contributed by atoms with Crippen LogP contribution >= 0.6 is 11.6 Å². The Morgan fingerprint density at radius 3 is 2.79 bits per heavy atom. The van der Waals surface area contributed by atoms with Crippen LogP contribution in [0.25, 0.3) is 0 Å². The maximum atomic E-state index is 6.02. The van der Waals surface area contributed by atoms with E-state index >= 15 is 0 Å². The van der Waals surface area contributed by atoms with Gasteiger partial charge in [-0.2, -0.15) is 0 Å². The van der Waals surface area contributed by atoms with E-state index in [0.717, 1.165) is 17.9 Å². The molecule has 0 aliphatic heterocycles. The Bertz CT molecular complexity index is 569. The van der Waals surface area contributed by atoms with E-state index in [1.165, 1.54) is 11.1 Å². The lowest BCUT2D eigenvalue weighted by molar-refractivity contribution is 0.891. The number of aromatic nitrogens is 1. The van der Waals surface area contributed by atoms with Crippen LogP contribution in [0.4, 0.5) is 5.82 Å². The largest absolute Gasteiger partial charge is 0.355 e. The molecule has 0 saturated carbocycles. The smallest absolute Gasteiger partial charge is 0.128 e. The first kappa shape index (κ1) is 13.8. The van der Waals surface area contributed by atoms with Gasteiger partial charge in [0.25, 0.3) is 0 Å². The van der Waals surface area contributed by atoms with E-state index in [9.17, 15) is 0 Å². The second-order valence-electron chi connectivity index (χ2n) is 4.68. The summed E-state index contributed by atoms with van der Waals surface area (Å²) in [7, 11) is 2.01. The van der Waals surface area contributed by atoms with Gasteiger partial charge in [-0.1, -0.05) is 41.4 Å². The molecule has 4 heteroatoms. The molecule has 0 amide bonds. The molecular formula is C15H18ClN3. The van der Waals surface area contributed by atoms with Gasteiger partial charge in [0.1, 0.15) is 5.82 Å². The van der Waals surface area contributed by atoms with Crippen LogP contribution in [0.5, 0.6) is 0 Å². The van der Waals surface area contributed by atoms with Crippen LogP contribution in [-0.4, -0.2) is 12.0 Å². The highest BCUT2D eigenvalue weighted by atomic mass is 35.5. The maximum absolute atomic E-state index is 6.02. The summed E-state index contributed by atoms with van der Waals surface area (Å²) < 4.78 is 0. The lowest BCUT2D eigenvalue weighted by Gasteiger charge is -2.19. The van der Waals surface area contributed by atoms with Gasteiger partial charge in [-0.15, -0.1) is 0 Å². The summed E-state index contributed by atoms with van der Waals surface area (Å²) in [5.74, 6) is 0.881. The van der Waals surface area contributed by atoms with E-state index in [1.807, 2.05) is 13.1 Å². The first-order chi connectivity index (χ1) is 9.10. The third kappa shape index (κ3) is 3.46. The molecule has 0 aliphatic carbocycles. The van der Waals surface area contributed by atoms with Crippen molar-refractivity contribution in [2.45, 2.75) is 20.0 Å². The van der Waals surface area contributed by atoms with Gasteiger partial charge in [-0.25, -0.2) is 4.98 Å². The zero-order chi connectivity index (χ0) is 13.8. The summed E-state index contributed by atoms with van der Waals surface area (Å²) in [5, 5.41) is 0.621. The minimum atomic E-state index is 0.423. The second kappa shape index (κ2) is 6.04. The van der Waals surface area contributed by atoms with Crippen LogP contribution in [0, 0.1) is 6.92 Å². The van der Waals surface area contributed by atoms with Crippen LogP contribution in [-0.2, 0) is 13.1 Å². The second-order valence-corrected chi connectivity index (χ2v) is 5.09. The van der Waals surface area contributed by atoms with Gasteiger partial charge in [-0.05, 0) is 24.1 Å². The van der Waals surface area contributed by atoms with Crippen molar-refractivity contribution >= 4 is 17.4 Å². The third-order valence-electron chi connectivity index (χ3n) is 3.03. The molecule has 1 aromatic carbocycles. The monoisotopic (exact) mass is 275 g/mol. The number of halogens is 1. The lowest BCUT2D eigenvalue weighted by Crippen LogP contribution is -2.18. The summed E-state index contributed by atoms with van der Waals surface area (Å²) in [6.45, 7) is 3.32. The summed E-state index contributed by atoms with van der Waals surface area (Å²) in [6, 6.07) is 10.4. The fourth-order valence-electron chi connectivity index (χ4n) is 2.00. The van der Waals surface area contributed by atoms with Gasteiger partial charge in [0, 0.05) is 26.3 Å². The fraction of sp³-hybridized carbons (Fsp3) is 0.267. The molecule has 1 heterocycles. The molecule has 0 bridgehead atoms. The van der Waals surface area contributed by atoms with Crippen LogP contribution in [0.15, 0.2) is 36.5 Å². The normalized spacial score (nSPS) is 10.5. The average Bonchev–Trinajstić information content (AvgIpc) is 2.39. The Morgan fingerprint density at radius 1 is 1.32 bits per heavy atom. The number of benzene rings is 1. The van der Waals surface area contributed by atoms with Crippen LogP contribution < -0.4 is 10.6 Å². The van der Waals surface area contributed by atoms with E-state index in [1.54, 1.807) is 6.20 Å². The van der Waals surface area contributed by atoms with E-state index in [2.05, 4.69) is 41.1 Å². The van der Waals surface area contributed by atoms with Crippen molar-refractivity contribution in [3.63, 3.8) is 0 Å². The molecule has 0 fully saturated rings. The zero-order valence-electron chi connectivity index (χ0n) is 11.2. The van der Waals surface area contributed by atoms with Crippen LogP contribution in [0.1, 0.15) is 16.7 Å². The molecule has 3 nitrogen and oxygen atoms in total. The third-order valence-corrected chi connectivity index (χ3v) is 3.37. The Morgan fingerprint density at radius 2 is 2.11 bits per heavy atom.